The van der Waals surface area contributed by atoms with Gasteiger partial charge in [0.15, 0.2) is 0 Å². The monoisotopic (exact) mass is 272 g/mol. The summed E-state index contributed by atoms with van der Waals surface area (Å²) in [4.78, 5) is 0. The summed E-state index contributed by atoms with van der Waals surface area (Å²) in [7, 11) is 1.37. The van der Waals surface area contributed by atoms with Crippen LogP contribution in [0.1, 0.15) is 11.1 Å². The molecule has 0 aliphatic rings. The summed E-state index contributed by atoms with van der Waals surface area (Å²) >= 11 is 0. The van der Waals surface area contributed by atoms with Crippen LogP contribution in [0.3, 0.4) is 0 Å². The molecule has 0 saturated heterocycles. The number of hydrogen-bond acceptors (Lipinski definition) is 2. The van der Waals surface area contributed by atoms with Crippen LogP contribution >= 0.6 is 10.7 Å². The Bertz CT molecular complexity index is 451. The van der Waals surface area contributed by atoms with E-state index in [-0.39, 0.29) is 12.2 Å². The van der Waals surface area contributed by atoms with Crippen LogP contribution in [0.4, 0.5) is 13.2 Å². The van der Waals surface area contributed by atoms with E-state index in [9.17, 15) is 21.6 Å². The van der Waals surface area contributed by atoms with Crippen molar-refractivity contribution in [2.75, 3.05) is 5.75 Å². The van der Waals surface area contributed by atoms with Gasteiger partial charge < -0.3 is 0 Å². The highest BCUT2D eigenvalue weighted by atomic mass is 35.7. The minimum atomic E-state index is -4.38. The van der Waals surface area contributed by atoms with Crippen LogP contribution < -0.4 is 0 Å². The zero-order chi connectivity index (χ0) is 12.4. The molecule has 16 heavy (non-hydrogen) atoms. The van der Waals surface area contributed by atoms with E-state index in [2.05, 4.69) is 0 Å². The van der Waals surface area contributed by atoms with Crippen LogP contribution in [0, 0.1) is 0 Å². The van der Waals surface area contributed by atoms with Crippen molar-refractivity contribution in [3.8, 4) is 0 Å². The van der Waals surface area contributed by atoms with Crippen molar-refractivity contribution in [1.82, 2.24) is 0 Å². The van der Waals surface area contributed by atoms with Crippen LogP contribution in [-0.4, -0.2) is 14.2 Å². The molecule has 0 aliphatic heterocycles. The molecule has 1 aromatic carbocycles. The second kappa shape index (κ2) is 4.63. The number of halogens is 4. The van der Waals surface area contributed by atoms with Crippen LogP contribution in [0.15, 0.2) is 24.3 Å². The molecule has 1 aromatic rings. The van der Waals surface area contributed by atoms with E-state index >= 15 is 0 Å². The molecule has 0 saturated carbocycles. The maximum atomic E-state index is 12.2. The molecule has 0 spiro atoms. The number of benzene rings is 1. The van der Waals surface area contributed by atoms with Gasteiger partial charge in [0.25, 0.3) is 0 Å². The van der Waals surface area contributed by atoms with Gasteiger partial charge in [-0.3, -0.25) is 0 Å². The average molecular weight is 273 g/mol. The molecule has 0 bridgehead atoms. The van der Waals surface area contributed by atoms with Gasteiger partial charge in [0.1, 0.15) is 0 Å². The molecule has 1 rings (SSSR count). The first-order valence-electron chi connectivity index (χ1n) is 4.27. The van der Waals surface area contributed by atoms with Gasteiger partial charge in [0.2, 0.25) is 9.05 Å². The summed E-state index contributed by atoms with van der Waals surface area (Å²) in [6, 6.07) is 4.31. The van der Waals surface area contributed by atoms with Crippen LogP contribution in [0.5, 0.6) is 0 Å². The van der Waals surface area contributed by atoms with Crippen molar-refractivity contribution in [2.24, 2.45) is 0 Å². The maximum Gasteiger partial charge on any atom is 0.416 e. The molecule has 0 amide bonds. The quantitative estimate of drug-likeness (QED) is 0.793. The molecule has 0 heterocycles. The maximum absolute atomic E-state index is 12.2. The zero-order valence-corrected chi connectivity index (χ0v) is 9.53. The van der Waals surface area contributed by atoms with E-state index in [4.69, 9.17) is 10.7 Å². The summed E-state index contributed by atoms with van der Waals surface area (Å²) in [5, 5.41) is 0. The largest absolute Gasteiger partial charge is 0.416 e. The fourth-order valence-electron chi connectivity index (χ4n) is 1.10. The minimum Gasteiger partial charge on any atom is -0.212 e. The smallest absolute Gasteiger partial charge is 0.212 e. The highest BCUT2D eigenvalue weighted by molar-refractivity contribution is 8.13. The van der Waals surface area contributed by atoms with Crippen molar-refractivity contribution in [2.45, 2.75) is 12.6 Å². The fraction of sp³-hybridized carbons (Fsp3) is 0.333. The Morgan fingerprint density at radius 1 is 1.12 bits per heavy atom. The number of hydrogen-bond donors (Lipinski definition) is 0. The lowest BCUT2D eigenvalue weighted by Crippen LogP contribution is -2.05. The van der Waals surface area contributed by atoms with E-state index in [0.717, 1.165) is 12.1 Å². The van der Waals surface area contributed by atoms with Gasteiger partial charge >= 0.3 is 6.18 Å². The van der Waals surface area contributed by atoms with Gasteiger partial charge in [-0.25, -0.2) is 8.42 Å². The minimum absolute atomic E-state index is 0.101. The topological polar surface area (TPSA) is 34.1 Å². The summed E-state index contributed by atoms with van der Waals surface area (Å²) in [5.74, 6) is -0.292. The third-order valence-electron chi connectivity index (χ3n) is 1.92. The summed E-state index contributed by atoms with van der Waals surface area (Å²) < 4.78 is 57.8. The van der Waals surface area contributed by atoms with Crippen molar-refractivity contribution in [3.63, 3.8) is 0 Å². The second-order valence-electron chi connectivity index (χ2n) is 3.19. The first-order chi connectivity index (χ1) is 7.18. The molecule has 0 fully saturated rings. The Kier molecular flexibility index (Phi) is 3.85. The summed E-state index contributed by atoms with van der Waals surface area (Å²) in [6.45, 7) is 0. The zero-order valence-electron chi connectivity index (χ0n) is 7.96. The summed E-state index contributed by atoms with van der Waals surface area (Å²) in [6.07, 6.45) is -4.28. The van der Waals surface area contributed by atoms with Gasteiger partial charge in [0, 0.05) is 10.7 Å². The lowest BCUT2D eigenvalue weighted by molar-refractivity contribution is -0.137. The van der Waals surface area contributed by atoms with Crippen LogP contribution in [0.2, 0.25) is 0 Å². The average Bonchev–Trinajstić information content (AvgIpc) is 2.13. The molecule has 0 N–H and O–H groups in total. The lowest BCUT2D eigenvalue weighted by atomic mass is 10.1. The predicted molar refractivity (Wildman–Crippen MR) is 54.8 cm³/mol. The Balaban J connectivity index is 2.73. The van der Waals surface area contributed by atoms with E-state index in [1.54, 1.807) is 0 Å². The molecule has 2 nitrogen and oxygen atoms in total. The molecule has 0 aliphatic carbocycles. The van der Waals surface area contributed by atoms with Crippen LogP contribution in [-0.2, 0) is 21.6 Å². The third-order valence-corrected chi connectivity index (χ3v) is 3.07. The van der Waals surface area contributed by atoms with Gasteiger partial charge in [-0.05, 0) is 24.1 Å². The summed E-state index contributed by atoms with van der Waals surface area (Å²) in [5.41, 5.74) is -0.262. The van der Waals surface area contributed by atoms with Gasteiger partial charge in [0.05, 0.1) is 11.3 Å². The second-order valence-corrected chi connectivity index (χ2v) is 6.08. The van der Waals surface area contributed by atoms with Crippen molar-refractivity contribution >= 4 is 19.7 Å². The molecule has 7 heteroatoms. The fourth-order valence-corrected chi connectivity index (χ4v) is 1.81. The third kappa shape index (κ3) is 4.40. The number of aryl methyl sites for hydroxylation is 1. The van der Waals surface area contributed by atoms with Gasteiger partial charge in [-0.15, -0.1) is 0 Å². The van der Waals surface area contributed by atoms with E-state index < -0.39 is 20.8 Å². The number of alkyl halides is 3. The number of rotatable bonds is 3. The molecular weight excluding hydrogens is 265 g/mol. The lowest BCUT2D eigenvalue weighted by Gasteiger charge is -2.06. The van der Waals surface area contributed by atoms with Crippen molar-refractivity contribution in [3.05, 3.63) is 35.4 Å². The standard InChI is InChI=1S/C9H8ClF3O2S/c10-16(14,15)6-5-7-1-3-8(4-2-7)9(11,12)13/h1-4H,5-6H2. The Morgan fingerprint density at radius 2 is 1.62 bits per heavy atom. The Hall–Kier alpha value is -0.750. The van der Waals surface area contributed by atoms with E-state index in [1.165, 1.54) is 12.1 Å². The van der Waals surface area contributed by atoms with E-state index in [1.807, 2.05) is 0 Å². The van der Waals surface area contributed by atoms with Crippen molar-refractivity contribution in [1.29, 1.82) is 0 Å². The van der Waals surface area contributed by atoms with Gasteiger partial charge in [-0.1, -0.05) is 12.1 Å². The Morgan fingerprint density at radius 3 is 2.00 bits per heavy atom. The molecule has 0 atom stereocenters. The molecule has 90 valence electrons. The predicted octanol–water partition coefficient (Wildman–Crippen LogP) is 2.82. The Labute approximate surface area is 95.5 Å². The first kappa shape index (κ1) is 13.3. The molecule has 0 radical (unpaired) electrons. The normalized spacial score (nSPS) is 12.8. The highest BCUT2D eigenvalue weighted by Gasteiger charge is 2.29. The molecule has 0 unspecified atom stereocenters. The molecule has 0 aromatic heterocycles. The van der Waals surface area contributed by atoms with Crippen molar-refractivity contribution < 1.29 is 21.6 Å². The molecular formula is C9H8ClF3O2S. The van der Waals surface area contributed by atoms with Crippen LogP contribution in [0.25, 0.3) is 0 Å². The van der Waals surface area contributed by atoms with E-state index in [0.29, 0.717) is 5.56 Å². The van der Waals surface area contributed by atoms with Gasteiger partial charge in [-0.2, -0.15) is 13.2 Å². The highest BCUT2D eigenvalue weighted by Crippen LogP contribution is 2.29. The SMILES string of the molecule is O=S(=O)(Cl)CCc1ccc(C(F)(F)F)cc1. The first-order valence-corrected chi connectivity index (χ1v) is 6.75.